The molecule has 2 atom stereocenters. The van der Waals surface area contributed by atoms with E-state index in [0.29, 0.717) is 25.9 Å². The maximum absolute atomic E-state index is 12.2. The molecular formula is C16H21NO4. The van der Waals surface area contributed by atoms with Crippen LogP contribution in [0.3, 0.4) is 0 Å². The van der Waals surface area contributed by atoms with E-state index in [1.165, 1.54) is 0 Å². The minimum absolute atomic E-state index is 0.0297. The smallest absolute Gasteiger partial charge is 0.308 e. The van der Waals surface area contributed by atoms with Crippen molar-refractivity contribution in [3.8, 4) is 5.75 Å². The largest absolute Gasteiger partial charge is 0.497 e. The number of hydrogen-bond acceptors (Lipinski definition) is 3. The average Bonchev–Trinajstić information content (AvgIpc) is 2.97. The summed E-state index contributed by atoms with van der Waals surface area (Å²) < 4.78 is 5.11. The number of benzene rings is 1. The Bertz CT molecular complexity index is 512. The first-order valence-corrected chi connectivity index (χ1v) is 7.15. The quantitative estimate of drug-likeness (QED) is 0.902. The van der Waals surface area contributed by atoms with E-state index in [2.05, 4.69) is 0 Å². The number of hydrogen-bond donors (Lipinski definition) is 1. The second kappa shape index (κ2) is 6.61. The highest BCUT2D eigenvalue weighted by atomic mass is 16.5. The second-order valence-electron chi connectivity index (χ2n) is 5.54. The van der Waals surface area contributed by atoms with Gasteiger partial charge in [0, 0.05) is 19.5 Å². The van der Waals surface area contributed by atoms with Gasteiger partial charge in [0.15, 0.2) is 0 Å². The van der Waals surface area contributed by atoms with E-state index in [9.17, 15) is 9.59 Å². The first kappa shape index (κ1) is 15.4. The normalized spacial score (nSPS) is 19.3. The number of aliphatic carboxylic acids is 1. The Balaban J connectivity index is 1.91. The molecule has 0 unspecified atom stereocenters. The molecule has 1 heterocycles. The molecule has 5 heteroatoms. The Morgan fingerprint density at radius 2 is 2.05 bits per heavy atom. The summed E-state index contributed by atoms with van der Waals surface area (Å²) in [6, 6.07) is 7.68. The van der Waals surface area contributed by atoms with Crippen LogP contribution in [0.5, 0.6) is 5.75 Å². The molecule has 0 saturated carbocycles. The molecular weight excluding hydrogens is 270 g/mol. The maximum atomic E-state index is 12.2. The van der Waals surface area contributed by atoms with Crippen molar-refractivity contribution in [3.63, 3.8) is 0 Å². The first-order valence-electron chi connectivity index (χ1n) is 7.15. The van der Waals surface area contributed by atoms with Crippen molar-refractivity contribution in [2.45, 2.75) is 25.7 Å². The lowest BCUT2D eigenvalue weighted by molar-refractivity contribution is -0.141. The average molecular weight is 291 g/mol. The molecule has 1 aliphatic heterocycles. The lowest BCUT2D eigenvalue weighted by Gasteiger charge is -2.19. The van der Waals surface area contributed by atoms with E-state index in [0.717, 1.165) is 11.3 Å². The van der Waals surface area contributed by atoms with Crippen LogP contribution in [0.25, 0.3) is 0 Å². The number of likely N-dealkylation sites (tertiary alicyclic amines) is 1. The van der Waals surface area contributed by atoms with Crippen LogP contribution in [0.15, 0.2) is 24.3 Å². The van der Waals surface area contributed by atoms with E-state index in [4.69, 9.17) is 9.84 Å². The summed E-state index contributed by atoms with van der Waals surface area (Å²) >= 11 is 0. The minimum Gasteiger partial charge on any atom is -0.497 e. The Morgan fingerprint density at radius 1 is 1.38 bits per heavy atom. The Morgan fingerprint density at radius 3 is 2.57 bits per heavy atom. The molecule has 1 amide bonds. The van der Waals surface area contributed by atoms with Gasteiger partial charge in [0.2, 0.25) is 5.91 Å². The van der Waals surface area contributed by atoms with Crippen LogP contribution in [0.2, 0.25) is 0 Å². The summed E-state index contributed by atoms with van der Waals surface area (Å²) in [5.41, 5.74) is 1.08. The Labute approximate surface area is 124 Å². The van der Waals surface area contributed by atoms with Crippen LogP contribution >= 0.6 is 0 Å². The highest BCUT2D eigenvalue weighted by Gasteiger charge is 2.31. The predicted molar refractivity (Wildman–Crippen MR) is 78.3 cm³/mol. The number of carboxylic acid groups (broad SMARTS) is 1. The maximum Gasteiger partial charge on any atom is 0.308 e. The van der Waals surface area contributed by atoms with Gasteiger partial charge in [0.1, 0.15) is 5.75 Å². The van der Waals surface area contributed by atoms with Gasteiger partial charge in [-0.25, -0.2) is 0 Å². The number of ether oxygens (including phenoxy) is 1. The van der Waals surface area contributed by atoms with Crippen LogP contribution in [-0.4, -0.2) is 42.1 Å². The van der Waals surface area contributed by atoms with E-state index in [-0.39, 0.29) is 11.8 Å². The molecule has 1 N–H and O–H groups in total. The predicted octanol–water partition coefficient (Wildman–Crippen LogP) is 2.12. The zero-order chi connectivity index (χ0) is 15.4. The zero-order valence-corrected chi connectivity index (χ0v) is 12.4. The molecule has 0 spiro atoms. The fourth-order valence-electron chi connectivity index (χ4n) is 2.63. The van der Waals surface area contributed by atoms with Gasteiger partial charge < -0.3 is 14.7 Å². The van der Waals surface area contributed by atoms with Gasteiger partial charge in [-0.3, -0.25) is 9.59 Å². The molecule has 0 aromatic heterocycles. The number of carboxylic acids is 1. The van der Waals surface area contributed by atoms with E-state index in [1.807, 2.05) is 31.2 Å². The van der Waals surface area contributed by atoms with Crippen LogP contribution in [-0.2, 0) is 9.59 Å². The number of carbonyl (C=O) groups is 2. The van der Waals surface area contributed by atoms with Crippen LogP contribution < -0.4 is 4.74 Å². The van der Waals surface area contributed by atoms with Crippen molar-refractivity contribution < 1.29 is 19.4 Å². The van der Waals surface area contributed by atoms with Crippen molar-refractivity contribution in [2.75, 3.05) is 20.2 Å². The molecule has 1 aliphatic rings. The van der Waals surface area contributed by atoms with Crippen LogP contribution in [0, 0.1) is 5.92 Å². The number of amides is 1. The lowest BCUT2D eigenvalue weighted by atomic mass is 9.97. The summed E-state index contributed by atoms with van der Waals surface area (Å²) in [5.74, 6) is -0.297. The molecule has 114 valence electrons. The zero-order valence-electron chi connectivity index (χ0n) is 12.4. The molecule has 1 saturated heterocycles. The fourth-order valence-corrected chi connectivity index (χ4v) is 2.63. The molecule has 0 radical (unpaired) electrons. The molecule has 21 heavy (non-hydrogen) atoms. The number of methoxy groups -OCH3 is 1. The lowest BCUT2D eigenvalue weighted by Crippen LogP contribution is -2.30. The number of carbonyl (C=O) groups excluding carboxylic acids is 1. The molecule has 5 nitrogen and oxygen atoms in total. The van der Waals surface area contributed by atoms with Gasteiger partial charge in [0.05, 0.1) is 13.0 Å². The third kappa shape index (κ3) is 3.74. The third-order valence-corrected chi connectivity index (χ3v) is 4.06. The molecule has 1 aromatic carbocycles. The molecule has 1 aromatic rings. The monoisotopic (exact) mass is 291 g/mol. The van der Waals surface area contributed by atoms with E-state index in [1.54, 1.807) is 12.0 Å². The molecule has 2 rings (SSSR count). The highest BCUT2D eigenvalue weighted by molar-refractivity contribution is 5.79. The Hall–Kier alpha value is -2.04. The summed E-state index contributed by atoms with van der Waals surface area (Å²) in [5, 5.41) is 8.97. The summed E-state index contributed by atoms with van der Waals surface area (Å²) in [6.45, 7) is 2.89. The summed E-state index contributed by atoms with van der Waals surface area (Å²) in [6.07, 6.45) is 0.955. The van der Waals surface area contributed by atoms with Gasteiger partial charge in [-0.15, -0.1) is 0 Å². The van der Waals surface area contributed by atoms with Gasteiger partial charge in [0.25, 0.3) is 0 Å². The van der Waals surface area contributed by atoms with Crippen LogP contribution in [0.1, 0.15) is 31.2 Å². The van der Waals surface area contributed by atoms with Crippen molar-refractivity contribution >= 4 is 11.9 Å². The van der Waals surface area contributed by atoms with Gasteiger partial charge in [-0.05, 0) is 30.0 Å². The fraction of sp³-hybridized carbons (Fsp3) is 0.500. The Kier molecular flexibility index (Phi) is 4.83. The molecule has 1 fully saturated rings. The van der Waals surface area contributed by atoms with Gasteiger partial charge in [-0.1, -0.05) is 19.1 Å². The van der Waals surface area contributed by atoms with Crippen LogP contribution in [0.4, 0.5) is 0 Å². The molecule has 0 aliphatic carbocycles. The molecule has 0 bridgehead atoms. The van der Waals surface area contributed by atoms with Crippen molar-refractivity contribution in [1.82, 2.24) is 4.90 Å². The number of nitrogens with zero attached hydrogens (tertiary/aromatic N) is 1. The topological polar surface area (TPSA) is 66.8 Å². The van der Waals surface area contributed by atoms with Crippen molar-refractivity contribution in [1.29, 1.82) is 0 Å². The van der Waals surface area contributed by atoms with Gasteiger partial charge >= 0.3 is 5.97 Å². The summed E-state index contributed by atoms with van der Waals surface area (Å²) in [7, 11) is 1.62. The standard InChI is InChI=1S/C16H21NO4/c1-11(12-3-5-14(21-2)6-4-12)9-15(18)17-8-7-13(10-17)16(19)20/h3-6,11,13H,7-10H2,1-2H3,(H,19,20)/t11-,13-/m0/s1. The SMILES string of the molecule is COc1ccc([C@@H](C)CC(=O)N2CC[C@H](C(=O)O)C2)cc1. The number of rotatable bonds is 5. The summed E-state index contributed by atoms with van der Waals surface area (Å²) in [4.78, 5) is 24.8. The highest BCUT2D eigenvalue weighted by Crippen LogP contribution is 2.24. The second-order valence-corrected chi connectivity index (χ2v) is 5.54. The van der Waals surface area contributed by atoms with E-state index < -0.39 is 11.9 Å². The minimum atomic E-state index is -0.812. The van der Waals surface area contributed by atoms with Crippen molar-refractivity contribution in [3.05, 3.63) is 29.8 Å². The third-order valence-electron chi connectivity index (χ3n) is 4.06. The van der Waals surface area contributed by atoms with Gasteiger partial charge in [-0.2, -0.15) is 0 Å². The van der Waals surface area contributed by atoms with Crippen molar-refractivity contribution in [2.24, 2.45) is 5.92 Å². The first-order chi connectivity index (χ1) is 10.0. The van der Waals surface area contributed by atoms with E-state index >= 15 is 0 Å².